The Kier molecular flexibility index (Phi) is 5.95. The topological polar surface area (TPSA) is 50.4 Å². The van der Waals surface area contributed by atoms with Crippen molar-refractivity contribution in [3.05, 3.63) is 70.5 Å². The third-order valence-electron chi connectivity index (χ3n) is 4.29. The van der Waals surface area contributed by atoms with Gasteiger partial charge in [0.05, 0.1) is 18.2 Å². The molecule has 0 saturated heterocycles. The van der Waals surface area contributed by atoms with E-state index in [1.165, 1.54) is 6.07 Å². The molecule has 1 atom stereocenters. The molecular formula is C19H17F3N2O2S. The molecule has 0 fully saturated rings. The van der Waals surface area contributed by atoms with Gasteiger partial charge < -0.3 is 15.4 Å². The van der Waals surface area contributed by atoms with Gasteiger partial charge in [-0.1, -0.05) is 12.1 Å². The van der Waals surface area contributed by atoms with E-state index in [0.717, 1.165) is 24.1 Å². The summed E-state index contributed by atoms with van der Waals surface area (Å²) in [5, 5.41) is 6.34. The number of carbonyl (C=O) groups excluding carboxylic acids is 1. The van der Waals surface area contributed by atoms with E-state index < -0.39 is 17.6 Å². The van der Waals surface area contributed by atoms with Crippen LogP contribution in [0.1, 0.15) is 33.9 Å². The van der Waals surface area contributed by atoms with Crippen LogP contribution in [0.3, 0.4) is 0 Å². The molecule has 1 aliphatic carbocycles. The molecule has 3 rings (SSSR count). The lowest BCUT2D eigenvalue weighted by Gasteiger charge is -2.17. The largest absolute Gasteiger partial charge is 0.460 e. The van der Waals surface area contributed by atoms with E-state index in [-0.39, 0.29) is 30.6 Å². The number of nitrogens with one attached hydrogen (secondary N) is 2. The second-order valence-corrected chi connectivity index (χ2v) is 6.47. The Bertz CT molecular complexity index is 876. The molecule has 0 aliphatic heterocycles. The molecule has 1 unspecified atom stereocenters. The zero-order valence-electron chi connectivity index (χ0n) is 14.2. The van der Waals surface area contributed by atoms with E-state index in [2.05, 4.69) is 10.6 Å². The predicted octanol–water partition coefficient (Wildman–Crippen LogP) is 3.41. The number of halogens is 3. The van der Waals surface area contributed by atoms with Gasteiger partial charge in [0.15, 0.2) is 5.11 Å². The predicted molar refractivity (Wildman–Crippen MR) is 97.8 cm³/mol. The lowest BCUT2D eigenvalue weighted by atomic mass is 10.1. The van der Waals surface area contributed by atoms with Crippen LogP contribution in [-0.4, -0.2) is 24.2 Å². The Morgan fingerprint density at radius 2 is 2.00 bits per heavy atom. The molecule has 2 aromatic carbocycles. The quantitative estimate of drug-likeness (QED) is 0.462. The van der Waals surface area contributed by atoms with Gasteiger partial charge in [0.1, 0.15) is 24.1 Å². The molecule has 0 amide bonds. The van der Waals surface area contributed by atoms with Crippen molar-refractivity contribution in [2.45, 2.75) is 18.9 Å². The minimum atomic E-state index is -0.975. The van der Waals surface area contributed by atoms with Crippen LogP contribution in [0.2, 0.25) is 0 Å². The fourth-order valence-electron chi connectivity index (χ4n) is 3.01. The SMILES string of the molecule is O=C(OCCNC(=S)NC1CCc2c(F)cccc21)c1ccc(F)cc1F. The average Bonchev–Trinajstić information content (AvgIpc) is 3.03. The van der Waals surface area contributed by atoms with E-state index in [4.69, 9.17) is 17.0 Å². The molecule has 0 spiro atoms. The lowest BCUT2D eigenvalue weighted by molar-refractivity contribution is 0.0507. The van der Waals surface area contributed by atoms with Crippen LogP contribution in [0, 0.1) is 17.5 Å². The number of esters is 1. The summed E-state index contributed by atoms with van der Waals surface area (Å²) in [6.45, 7) is 0.163. The molecule has 1 aliphatic rings. The summed E-state index contributed by atoms with van der Waals surface area (Å²) in [5.74, 6) is -2.84. The van der Waals surface area contributed by atoms with Crippen molar-refractivity contribution < 1.29 is 22.7 Å². The van der Waals surface area contributed by atoms with Gasteiger partial charge >= 0.3 is 5.97 Å². The molecule has 0 bridgehead atoms. The molecular weight excluding hydrogens is 377 g/mol. The maximum atomic E-state index is 13.7. The van der Waals surface area contributed by atoms with Crippen LogP contribution in [-0.2, 0) is 11.2 Å². The van der Waals surface area contributed by atoms with E-state index in [9.17, 15) is 18.0 Å². The molecule has 0 aromatic heterocycles. The van der Waals surface area contributed by atoms with E-state index >= 15 is 0 Å². The van der Waals surface area contributed by atoms with Crippen molar-refractivity contribution in [1.29, 1.82) is 0 Å². The first-order chi connectivity index (χ1) is 13.0. The monoisotopic (exact) mass is 394 g/mol. The Balaban J connectivity index is 1.43. The smallest absolute Gasteiger partial charge is 0.341 e. The average molecular weight is 394 g/mol. The minimum Gasteiger partial charge on any atom is -0.460 e. The maximum Gasteiger partial charge on any atom is 0.341 e. The molecule has 27 heavy (non-hydrogen) atoms. The highest BCUT2D eigenvalue weighted by Gasteiger charge is 2.25. The van der Waals surface area contributed by atoms with Gasteiger partial charge in [0.25, 0.3) is 0 Å². The second-order valence-electron chi connectivity index (χ2n) is 6.06. The van der Waals surface area contributed by atoms with E-state index in [0.29, 0.717) is 23.2 Å². The van der Waals surface area contributed by atoms with Gasteiger partial charge in [-0.3, -0.25) is 0 Å². The number of ether oxygens (including phenoxy) is 1. The number of rotatable bonds is 5. The Morgan fingerprint density at radius 3 is 2.78 bits per heavy atom. The number of fused-ring (bicyclic) bond motifs is 1. The van der Waals surface area contributed by atoms with Gasteiger partial charge in [-0.25, -0.2) is 18.0 Å². The molecule has 8 heteroatoms. The third kappa shape index (κ3) is 4.57. The Morgan fingerprint density at radius 1 is 1.19 bits per heavy atom. The van der Waals surface area contributed by atoms with Crippen molar-refractivity contribution in [3.8, 4) is 0 Å². The van der Waals surface area contributed by atoms with Crippen LogP contribution in [0.25, 0.3) is 0 Å². The van der Waals surface area contributed by atoms with Gasteiger partial charge in [-0.05, 0) is 54.4 Å². The summed E-state index contributed by atoms with van der Waals surface area (Å²) in [5.41, 5.74) is 1.26. The molecule has 0 heterocycles. The van der Waals surface area contributed by atoms with Gasteiger partial charge in [-0.2, -0.15) is 0 Å². The number of benzene rings is 2. The second kappa shape index (κ2) is 8.39. The molecule has 0 radical (unpaired) electrons. The fourth-order valence-corrected chi connectivity index (χ4v) is 3.25. The minimum absolute atomic E-state index is 0.0483. The number of hydrogen-bond donors (Lipinski definition) is 2. The standard InChI is InChI=1S/C19H17F3N2O2S/c20-11-4-5-14(16(22)10-11)18(25)26-9-8-23-19(27)24-17-7-6-12-13(17)2-1-3-15(12)21/h1-5,10,17H,6-9H2,(H2,23,24,27). The van der Waals surface area contributed by atoms with Gasteiger partial charge in [-0.15, -0.1) is 0 Å². The van der Waals surface area contributed by atoms with Crippen molar-refractivity contribution in [1.82, 2.24) is 10.6 Å². The van der Waals surface area contributed by atoms with E-state index in [1.54, 1.807) is 6.07 Å². The summed E-state index contributed by atoms with van der Waals surface area (Å²) in [7, 11) is 0. The van der Waals surface area contributed by atoms with Crippen LogP contribution >= 0.6 is 12.2 Å². The van der Waals surface area contributed by atoms with Crippen molar-refractivity contribution >= 4 is 23.3 Å². The van der Waals surface area contributed by atoms with Crippen molar-refractivity contribution in [3.63, 3.8) is 0 Å². The lowest BCUT2D eigenvalue weighted by Crippen LogP contribution is -2.38. The Hall–Kier alpha value is -2.61. The number of thiocarbonyl (C=S) groups is 1. The number of hydrogen-bond acceptors (Lipinski definition) is 3. The highest BCUT2D eigenvalue weighted by Crippen LogP contribution is 2.32. The van der Waals surface area contributed by atoms with E-state index in [1.807, 2.05) is 6.07 Å². The summed E-state index contributed by atoms with van der Waals surface area (Å²) in [6.07, 6.45) is 1.38. The maximum absolute atomic E-state index is 13.7. The van der Waals surface area contributed by atoms with Crippen molar-refractivity contribution in [2.75, 3.05) is 13.2 Å². The molecule has 2 N–H and O–H groups in total. The van der Waals surface area contributed by atoms with Crippen molar-refractivity contribution in [2.24, 2.45) is 0 Å². The first kappa shape index (κ1) is 19.2. The summed E-state index contributed by atoms with van der Waals surface area (Å²) in [4.78, 5) is 11.8. The highest BCUT2D eigenvalue weighted by atomic mass is 32.1. The first-order valence-electron chi connectivity index (χ1n) is 8.39. The van der Waals surface area contributed by atoms with Gasteiger partial charge in [0.2, 0.25) is 0 Å². The number of carbonyl (C=O) groups is 1. The molecule has 142 valence electrons. The Labute approximate surface area is 159 Å². The highest BCUT2D eigenvalue weighted by molar-refractivity contribution is 7.80. The van der Waals surface area contributed by atoms with Crippen LogP contribution in [0.4, 0.5) is 13.2 Å². The zero-order chi connectivity index (χ0) is 19.4. The van der Waals surface area contributed by atoms with Gasteiger partial charge in [0, 0.05) is 6.07 Å². The summed E-state index contributed by atoms with van der Waals surface area (Å²) in [6, 6.07) is 7.53. The van der Waals surface area contributed by atoms with Crippen LogP contribution in [0.15, 0.2) is 36.4 Å². The third-order valence-corrected chi connectivity index (χ3v) is 4.55. The fraction of sp³-hybridized carbons (Fsp3) is 0.263. The first-order valence-corrected chi connectivity index (χ1v) is 8.80. The molecule has 4 nitrogen and oxygen atoms in total. The van der Waals surface area contributed by atoms with Crippen LogP contribution in [0.5, 0.6) is 0 Å². The summed E-state index contributed by atoms with van der Waals surface area (Å²) < 4.78 is 45.0. The normalized spacial score (nSPS) is 15.1. The molecule has 0 saturated carbocycles. The van der Waals surface area contributed by atoms with Crippen LogP contribution < -0.4 is 10.6 Å². The molecule has 2 aromatic rings. The zero-order valence-corrected chi connectivity index (χ0v) is 15.0. The summed E-state index contributed by atoms with van der Waals surface area (Å²) >= 11 is 5.20.